The van der Waals surface area contributed by atoms with Crippen LogP contribution in [-0.2, 0) is 35.6 Å². The second kappa shape index (κ2) is 7.53. The van der Waals surface area contributed by atoms with E-state index in [9.17, 15) is 4.79 Å². The van der Waals surface area contributed by atoms with Crippen LogP contribution in [0.4, 0.5) is 0 Å². The Balaban J connectivity index is 1.47. The second-order valence-electron chi connectivity index (χ2n) is 6.33. The minimum Gasteiger partial charge on any atom is -0.469 e. The van der Waals surface area contributed by atoms with Crippen LogP contribution in [0.5, 0.6) is 0 Å². The van der Waals surface area contributed by atoms with Gasteiger partial charge < -0.3 is 14.1 Å². The molecule has 4 heterocycles. The lowest BCUT2D eigenvalue weighted by atomic mass is 10.2. The molecule has 1 aliphatic rings. The first-order chi connectivity index (χ1) is 12.8. The standard InChI is InChI=1S/C19H20N4O3/c24-19(9-17-4-2-8-25-17)22-11-16-5-7-21-23(16)13-18(12-22)26-14-15-3-1-6-20-10-15/h1-8,10,18H,9,11-14H2/t18-/m0/s1. The first-order valence-electron chi connectivity index (χ1n) is 8.59. The highest BCUT2D eigenvalue weighted by molar-refractivity contribution is 5.78. The number of pyridine rings is 1. The van der Waals surface area contributed by atoms with Crippen molar-refractivity contribution in [1.29, 1.82) is 0 Å². The van der Waals surface area contributed by atoms with E-state index in [1.807, 2.05) is 33.8 Å². The molecule has 0 aliphatic carbocycles. The summed E-state index contributed by atoms with van der Waals surface area (Å²) < 4.78 is 13.3. The van der Waals surface area contributed by atoms with Crippen LogP contribution in [-0.4, -0.2) is 38.2 Å². The lowest BCUT2D eigenvalue weighted by molar-refractivity contribution is -0.133. The van der Waals surface area contributed by atoms with Crippen molar-refractivity contribution < 1.29 is 13.9 Å². The van der Waals surface area contributed by atoms with Crippen LogP contribution in [0.1, 0.15) is 17.0 Å². The number of hydrogen-bond donors (Lipinski definition) is 0. The molecule has 0 bridgehead atoms. The highest BCUT2D eigenvalue weighted by Gasteiger charge is 2.26. The molecule has 0 spiro atoms. The zero-order valence-corrected chi connectivity index (χ0v) is 14.3. The van der Waals surface area contributed by atoms with Gasteiger partial charge in [-0.15, -0.1) is 0 Å². The lowest BCUT2D eigenvalue weighted by Gasteiger charge is -2.24. The maximum atomic E-state index is 12.7. The van der Waals surface area contributed by atoms with Crippen molar-refractivity contribution >= 4 is 5.91 Å². The molecular formula is C19H20N4O3. The van der Waals surface area contributed by atoms with E-state index in [1.54, 1.807) is 30.9 Å². The molecule has 0 radical (unpaired) electrons. The van der Waals surface area contributed by atoms with E-state index in [0.717, 1.165) is 11.3 Å². The van der Waals surface area contributed by atoms with Gasteiger partial charge in [0.05, 0.1) is 44.2 Å². The molecule has 0 unspecified atom stereocenters. The molecule has 3 aromatic rings. The Morgan fingerprint density at radius 2 is 2.19 bits per heavy atom. The summed E-state index contributed by atoms with van der Waals surface area (Å²) in [5, 5.41) is 4.36. The monoisotopic (exact) mass is 352 g/mol. The summed E-state index contributed by atoms with van der Waals surface area (Å²) in [5.74, 6) is 0.685. The molecule has 26 heavy (non-hydrogen) atoms. The number of nitrogens with zero attached hydrogens (tertiary/aromatic N) is 4. The molecule has 0 saturated heterocycles. The van der Waals surface area contributed by atoms with Crippen LogP contribution in [0.15, 0.2) is 59.6 Å². The Morgan fingerprint density at radius 3 is 3.00 bits per heavy atom. The summed E-state index contributed by atoms with van der Waals surface area (Å²) in [5.41, 5.74) is 2.01. The number of fused-ring (bicyclic) bond motifs is 1. The molecule has 1 amide bonds. The lowest BCUT2D eigenvalue weighted by Crippen LogP contribution is -2.38. The van der Waals surface area contributed by atoms with Crippen LogP contribution in [0, 0.1) is 0 Å². The zero-order chi connectivity index (χ0) is 17.8. The third-order valence-corrected chi connectivity index (χ3v) is 4.42. The van der Waals surface area contributed by atoms with E-state index in [4.69, 9.17) is 9.15 Å². The number of aromatic nitrogens is 3. The predicted octanol–water partition coefficient (Wildman–Crippen LogP) is 2.04. The fourth-order valence-electron chi connectivity index (χ4n) is 3.08. The Bertz CT molecular complexity index is 845. The van der Waals surface area contributed by atoms with Crippen molar-refractivity contribution in [2.45, 2.75) is 32.2 Å². The average molecular weight is 352 g/mol. The van der Waals surface area contributed by atoms with Crippen LogP contribution >= 0.6 is 0 Å². The van der Waals surface area contributed by atoms with Gasteiger partial charge in [0.1, 0.15) is 5.76 Å². The van der Waals surface area contributed by atoms with Gasteiger partial charge in [-0.3, -0.25) is 14.5 Å². The number of carbonyl (C=O) groups excluding carboxylic acids is 1. The maximum Gasteiger partial charge on any atom is 0.230 e. The van der Waals surface area contributed by atoms with Crippen molar-refractivity contribution in [2.24, 2.45) is 0 Å². The van der Waals surface area contributed by atoms with Crippen LogP contribution < -0.4 is 0 Å². The van der Waals surface area contributed by atoms with Gasteiger partial charge in [-0.05, 0) is 29.8 Å². The highest BCUT2D eigenvalue weighted by Crippen LogP contribution is 2.16. The maximum absolute atomic E-state index is 12.7. The first-order valence-corrected chi connectivity index (χ1v) is 8.59. The van der Waals surface area contributed by atoms with Gasteiger partial charge in [0.25, 0.3) is 0 Å². The number of carbonyl (C=O) groups is 1. The molecule has 134 valence electrons. The zero-order valence-electron chi connectivity index (χ0n) is 14.3. The molecule has 0 N–H and O–H groups in total. The van der Waals surface area contributed by atoms with E-state index in [0.29, 0.717) is 32.0 Å². The van der Waals surface area contributed by atoms with Crippen molar-refractivity contribution in [1.82, 2.24) is 19.7 Å². The van der Waals surface area contributed by atoms with Gasteiger partial charge in [-0.2, -0.15) is 5.10 Å². The predicted molar refractivity (Wildman–Crippen MR) is 92.9 cm³/mol. The van der Waals surface area contributed by atoms with Crippen molar-refractivity contribution in [3.63, 3.8) is 0 Å². The van der Waals surface area contributed by atoms with Crippen molar-refractivity contribution in [2.75, 3.05) is 6.54 Å². The second-order valence-corrected chi connectivity index (χ2v) is 6.33. The number of ether oxygens (including phenoxy) is 1. The number of hydrogen-bond acceptors (Lipinski definition) is 5. The molecule has 7 heteroatoms. The highest BCUT2D eigenvalue weighted by atomic mass is 16.5. The smallest absolute Gasteiger partial charge is 0.230 e. The van der Waals surface area contributed by atoms with Gasteiger partial charge in [-0.25, -0.2) is 0 Å². The minimum atomic E-state index is -0.142. The number of furan rings is 1. The molecule has 4 rings (SSSR count). The summed E-state index contributed by atoms with van der Waals surface area (Å²) in [7, 11) is 0. The summed E-state index contributed by atoms with van der Waals surface area (Å²) in [6.07, 6.45) is 6.97. The van der Waals surface area contributed by atoms with Crippen LogP contribution in [0.25, 0.3) is 0 Å². The summed E-state index contributed by atoms with van der Waals surface area (Å²) in [4.78, 5) is 18.7. The van der Waals surface area contributed by atoms with Crippen molar-refractivity contribution in [3.05, 3.63) is 72.2 Å². The Labute approximate surface area is 151 Å². The van der Waals surface area contributed by atoms with Crippen molar-refractivity contribution in [3.8, 4) is 0 Å². The molecule has 0 aromatic carbocycles. The Hall–Kier alpha value is -2.93. The summed E-state index contributed by atoms with van der Waals surface area (Å²) >= 11 is 0. The van der Waals surface area contributed by atoms with E-state index >= 15 is 0 Å². The summed E-state index contributed by atoms with van der Waals surface area (Å²) in [6, 6.07) is 9.41. The normalized spacial score (nSPS) is 16.9. The topological polar surface area (TPSA) is 73.4 Å². The fraction of sp³-hybridized carbons (Fsp3) is 0.316. The first kappa shape index (κ1) is 16.5. The van der Waals surface area contributed by atoms with Gasteiger partial charge in [0.2, 0.25) is 5.91 Å². The SMILES string of the molecule is O=C(Cc1ccco1)N1Cc2ccnn2C[C@@H](OCc2cccnc2)C1. The number of amides is 1. The minimum absolute atomic E-state index is 0.0181. The Kier molecular flexibility index (Phi) is 4.79. The molecule has 1 atom stereocenters. The molecule has 7 nitrogen and oxygen atoms in total. The van der Waals surface area contributed by atoms with Gasteiger partial charge in [-0.1, -0.05) is 6.07 Å². The molecular weight excluding hydrogens is 332 g/mol. The van der Waals surface area contributed by atoms with Gasteiger partial charge in [0, 0.05) is 25.1 Å². The largest absolute Gasteiger partial charge is 0.469 e. The third-order valence-electron chi connectivity index (χ3n) is 4.42. The van der Waals surface area contributed by atoms with Crippen LogP contribution in [0.3, 0.4) is 0 Å². The fourth-order valence-corrected chi connectivity index (χ4v) is 3.08. The average Bonchev–Trinajstić information content (AvgIpc) is 3.29. The third kappa shape index (κ3) is 3.83. The molecule has 3 aromatic heterocycles. The Morgan fingerprint density at radius 1 is 1.23 bits per heavy atom. The summed E-state index contributed by atoms with van der Waals surface area (Å²) in [6.45, 7) is 2.11. The van der Waals surface area contributed by atoms with E-state index in [2.05, 4.69) is 10.1 Å². The van der Waals surface area contributed by atoms with E-state index < -0.39 is 0 Å². The number of rotatable bonds is 5. The van der Waals surface area contributed by atoms with Gasteiger partial charge in [0.15, 0.2) is 0 Å². The molecule has 0 saturated carbocycles. The van der Waals surface area contributed by atoms with E-state index in [1.165, 1.54) is 0 Å². The van der Waals surface area contributed by atoms with Crippen LogP contribution in [0.2, 0.25) is 0 Å². The molecule has 0 fully saturated rings. The van der Waals surface area contributed by atoms with Gasteiger partial charge >= 0.3 is 0 Å². The quantitative estimate of drug-likeness (QED) is 0.703. The van der Waals surface area contributed by atoms with E-state index in [-0.39, 0.29) is 18.4 Å². The molecule has 1 aliphatic heterocycles.